The molecule has 0 aromatic heterocycles. The molecule has 0 heterocycles. The van der Waals surface area contributed by atoms with Crippen molar-refractivity contribution >= 4 is 22.8 Å². The van der Waals surface area contributed by atoms with Gasteiger partial charge in [0, 0.05) is 4.90 Å². The summed E-state index contributed by atoms with van der Waals surface area (Å²) in [7, 11) is 0. The second kappa shape index (κ2) is 4.63. The molecule has 15 heavy (non-hydrogen) atoms. The van der Waals surface area contributed by atoms with Crippen molar-refractivity contribution < 1.29 is 9.32 Å². The molecule has 0 atom stereocenters. The van der Waals surface area contributed by atoms with Gasteiger partial charge in [0.05, 0.1) is 12.0 Å². The minimum absolute atomic E-state index is 0.999. The van der Waals surface area contributed by atoms with Gasteiger partial charge in [-0.05, 0) is 29.3 Å². The van der Waals surface area contributed by atoms with Gasteiger partial charge in [-0.3, -0.25) is 0 Å². The van der Waals surface area contributed by atoms with Crippen LogP contribution in [0.15, 0.2) is 41.3 Å². The fourth-order valence-electron chi connectivity index (χ4n) is 1.48. The smallest absolute Gasteiger partial charge is 0.0705 e. The molecule has 0 aliphatic heterocycles. The van der Waals surface area contributed by atoms with E-state index < -0.39 is 0 Å². The lowest BCUT2D eigenvalue weighted by molar-refractivity contribution is -0.195. The van der Waals surface area contributed by atoms with Crippen molar-refractivity contribution in [2.75, 3.05) is 0 Å². The Kier molecular flexibility index (Phi) is 3.23. The van der Waals surface area contributed by atoms with E-state index in [0.29, 0.717) is 0 Å². The van der Waals surface area contributed by atoms with Crippen molar-refractivity contribution in [1.82, 2.24) is 0 Å². The van der Waals surface area contributed by atoms with Gasteiger partial charge in [-0.1, -0.05) is 30.3 Å². The van der Waals surface area contributed by atoms with E-state index in [-0.39, 0.29) is 0 Å². The second-order valence-electron chi connectivity index (χ2n) is 3.21. The summed E-state index contributed by atoms with van der Waals surface area (Å²) in [6.45, 7) is 2.02. The van der Waals surface area contributed by atoms with Crippen LogP contribution in [-0.4, -0.2) is 0 Å². The van der Waals surface area contributed by atoms with Gasteiger partial charge in [0.2, 0.25) is 0 Å². The maximum Gasteiger partial charge on any atom is 0.0705 e. The molecule has 78 valence electrons. The Morgan fingerprint density at radius 2 is 1.80 bits per heavy atom. The third kappa shape index (κ3) is 2.30. The fraction of sp³-hybridized carbons (Fsp3) is 0.0909. The lowest BCUT2D eigenvalue weighted by Crippen LogP contribution is -1.94. The quantitative estimate of drug-likeness (QED) is 0.491. The van der Waals surface area contributed by atoms with Crippen LogP contribution in [0.5, 0.6) is 0 Å². The highest BCUT2D eigenvalue weighted by atomic mass is 32.2. The van der Waals surface area contributed by atoms with Crippen LogP contribution < -0.4 is 5.90 Å². The highest BCUT2D eigenvalue weighted by Crippen LogP contribution is 2.27. The molecule has 0 amide bonds. The van der Waals surface area contributed by atoms with Gasteiger partial charge >= 0.3 is 0 Å². The summed E-state index contributed by atoms with van der Waals surface area (Å²) >= 11 is 1.11. The Morgan fingerprint density at radius 3 is 2.47 bits per heavy atom. The maximum atomic E-state index is 4.80. The van der Waals surface area contributed by atoms with Crippen molar-refractivity contribution in [2.45, 2.75) is 11.8 Å². The van der Waals surface area contributed by atoms with E-state index in [2.05, 4.69) is 27.5 Å². The van der Waals surface area contributed by atoms with Crippen LogP contribution in [0.25, 0.3) is 10.8 Å². The van der Waals surface area contributed by atoms with Crippen LogP contribution in [-0.2, 0) is 9.32 Å². The zero-order valence-corrected chi connectivity index (χ0v) is 9.08. The van der Waals surface area contributed by atoms with E-state index in [1.807, 2.05) is 25.1 Å². The minimum atomic E-state index is 0.999. The van der Waals surface area contributed by atoms with Crippen molar-refractivity contribution in [3.63, 3.8) is 0 Å². The molecule has 0 unspecified atom stereocenters. The van der Waals surface area contributed by atoms with E-state index in [1.54, 1.807) is 0 Å². The summed E-state index contributed by atoms with van der Waals surface area (Å²) < 4.78 is 4.64. The Morgan fingerprint density at radius 1 is 1.13 bits per heavy atom. The van der Waals surface area contributed by atoms with E-state index in [0.717, 1.165) is 22.5 Å². The lowest BCUT2D eigenvalue weighted by atomic mass is 10.1. The molecule has 0 aliphatic rings. The zero-order valence-electron chi connectivity index (χ0n) is 8.27. The molecule has 4 heteroatoms. The van der Waals surface area contributed by atoms with Gasteiger partial charge in [0.15, 0.2) is 0 Å². The third-order valence-corrected chi connectivity index (χ3v) is 2.97. The van der Waals surface area contributed by atoms with E-state index in [1.165, 1.54) is 10.8 Å². The molecule has 0 fully saturated rings. The summed E-state index contributed by atoms with van der Waals surface area (Å²) in [5.41, 5.74) is 1.13. The molecule has 2 aromatic carbocycles. The molecule has 0 saturated heterocycles. The van der Waals surface area contributed by atoms with Crippen LogP contribution >= 0.6 is 12.0 Å². The van der Waals surface area contributed by atoms with Crippen LogP contribution in [0.2, 0.25) is 0 Å². The summed E-state index contributed by atoms with van der Waals surface area (Å²) in [6, 6.07) is 12.3. The van der Waals surface area contributed by atoms with Gasteiger partial charge < -0.3 is 0 Å². The van der Waals surface area contributed by atoms with Crippen molar-refractivity contribution in [1.29, 1.82) is 0 Å². The summed E-state index contributed by atoms with van der Waals surface area (Å²) in [4.78, 5) is 5.07. The number of benzene rings is 2. The molecule has 2 aromatic rings. The molecule has 0 aliphatic carbocycles. The first-order valence-corrected chi connectivity index (χ1v) is 5.25. The highest BCUT2D eigenvalue weighted by molar-refractivity contribution is 7.94. The predicted molar refractivity (Wildman–Crippen MR) is 60.9 cm³/mol. The van der Waals surface area contributed by atoms with Crippen LogP contribution in [0.4, 0.5) is 0 Å². The van der Waals surface area contributed by atoms with Crippen LogP contribution in [0.1, 0.15) is 5.56 Å². The molecule has 0 spiro atoms. The normalized spacial score (nSPS) is 10.8. The van der Waals surface area contributed by atoms with E-state index in [9.17, 15) is 0 Å². The Balaban J connectivity index is 2.43. The second-order valence-corrected chi connectivity index (χ2v) is 3.96. The van der Waals surface area contributed by atoms with Crippen molar-refractivity contribution in [3.05, 3.63) is 42.0 Å². The van der Waals surface area contributed by atoms with Crippen LogP contribution in [0, 0.1) is 6.92 Å². The average molecular weight is 221 g/mol. The number of hydrogen-bond donors (Lipinski definition) is 1. The maximum absolute atomic E-state index is 4.80. The van der Waals surface area contributed by atoms with Gasteiger partial charge in [-0.2, -0.15) is 5.90 Å². The lowest BCUT2D eigenvalue weighted by Gasteiger charge is -2.05. The number of hydrogen-bond acceptors (Lipinski definition) is 4. The zero-order chi connectivity index (χ0) is 10.7. The van der Waals surface area contributed by atoms with Crippen molar-refractivity contribution in [2.24, 2.45) is 5.90 Å². The Hall–Kier alpha value is -1.07. The van der Waals surface area contributed by atoms with Crippen LogP contribution in [0.3, 0.4) is 0 Å². The van der Waals surface area contributed by atoms with Crippen molar-refractivity contribution in [3.8, 4) is 0 Å². The summed E-state index contributed by atoms with van der Waals surface area (Å²) in [6.07, 6.45) is 0. The minimum Gasteiger partial charge on any atom is -0.182 e. The van der Waals surface area contributed by atoms with Gasteiger partial charge in [-0.15, -0.1) is 9.32 Å². The van der Waals surface area contributed by atoms with E-state index in [4.69, 9.17) is 5.90 Å². The first-order valence-electron chi connectivity index (χ1n) is 4.51. The van der Waals surface area contributed by atoms with Gasteiger partial charge in [-0.25, -0.2) is 0 Å². The number of rotatable bonds is 3. The molecular formula is C11H11NO2S. The number of aryl methyl sites for hydroxylation is 1. The number of fused-ring (bicyclic) bond motifs is 1. The first-order chi connectivity index (χ1) is 7.31. The molecule has 0 bridgehead atoms. The SMILES string of the molecule is Cc1cc2ccccc2cc1SOON. The molecule has 2 N–H and O–H groups in total. The monoisotopic (exact) mass is 221 g/mol. The fourth-order valence-corrected chi connectivity index (χ4v) is 1.96. The Labute approximate surface area is 92.3 Å². The molecule has 2 rings (SSSR count). The molecule has 3 nitrogen and oxygen atoms in total. The number of nitrogens with two attached hydrogens (primary N) is 1. The molecule has 0 saturated carbocycles. The highest BCUT2D eigenvalue weighted by Gasteiger charge is 2.02. The Bertz CT molecular complexity index is 473. The molecule has 0 radical (unpaired) electrons. The van der Waals surface area contributed by atoms with Gasteiger partial charge in [0.1, 0.15) is 0 Å². The van der Waals surface area contributed by atoms with E-state index >= 15 is 0 Å². The predicted octanol–water partition coefficient (Wildman–Crippen LogP) is 2.98. The van der Waals surface area contributed by atoms with Gasteiger partial charge in [0.25, 0.3) is 0 Å². The largest absolute Gasteiger partial charge is 0.182 e. The average Bonchev–Trinajstić information content (AvgIpc) is 2.26. The topological polar surface area (TPSA) is 44.5 Å². The first kappa shape index (κ1) is 10.4. The molecular weight excluding hydrogens is 210 g/mol. The summed E-state index contributed by atoms with van der Waals surface area (Å²) in [5, 5.41) is 2.39. The third-order valence-electron chi connectivity index (χ3n) is 2.21. The standard InChI is InChI=1S/C11H11NO2S/c1-8-6-9-4-2-3-5-10(9)7-11(8)15-14-13-12/h2-7H,12H2,1H3. The summed E-state index contributed by atoms with van der Waals surface area (Å²) in [5.74, 6) is 4.80.